The highest BCUT2D eigenvalue weighted by atomic mass is 19.3. The lowest BCUT2D eigenvalue weighted by Gasteiger charge is -2.24. The molecule has 2 saturated carbocycles. The third-order valence-corrected chi connectivity index (χ3v) is 3.78. The van der Waals surface area contributed by atoms with Gasteiger partial charge in [0.1, 0.15) is 0 Å². The van der Waals surface area contributed by atoms with E-state index < -0.39 is 18.0 Å². The van der Waals surface area contributed by atoms with Gasteiger partial charge in [0.15, 0.2) is 6.10 Å². The van der Waals surface area contributed by atoms with Crippen molar-refractivity contribution in [1.82, 2.24) is 0 Å². The number of halogens is 2. The predicted molar refractivity (Wildman–Crippen MR) is 54.8 cm³/mol. The standard InChI is InChI=1S/C12H17F2O2/c1-7(12(2,13)14)16-11(15)10-6-8-3-4-9(10)5-8/h6-10H,3-5H2,1-2H3. The van der Waals surface area contributed by atoms with Gasteiger partial charge in [0.2, 0.25) is 0 Å². The number of alkyl halides is 2. The topological polar surface area (TPSA) is 26.3 Å². The highest BCUT2D eigenvalue weighted by Crippen LogP contribution is 2.48. The summed E-state index contributed by atoms with van der Waals surface area (Å²) in [6, 6.07) is 0. The van der Waals surface area contributed by atoms with Gasteiger partial charge >= 0.3 is 5.97 Å². The summed E-state index contributed by atoms with van der Waals surface area (Å²) in [7, 11) is 0. The Kier molecular flexibility index (Phi) is 2.93. The van der Waals surface area contributed by atoms with E-state index in [1.54, 1.807) is 0 Å². The summed E-state index contributed by atoms with van der Waals surface area (Å²) in [5.74, 6) is -2.85. The van der Waals surface area contributed by atoms with Gasteiger partial charge in [-0.25, -0.2) is 8.78 Å². The molecule has 0 spiro atoms. The zero-order valence-electron chi connectivity index (χ0n) is 9.58. The molecule has 0 N–H and O–H groups in total. The number of carbonyl (C=O) groups is 1. The molecule has 91 valence electrons. The van der Waals surface area contributed by atoms with Crippen molar-refractivity contribution in [3.05, 3.63) is 6.42 Å². The predicted octanol–water partition coefficient (Wildman–Crippen LogP) is 2.82. The van der Waals surface area contributed by atoms with E-state index in [2.05, 4.69) is 0 Å². The number of fused-ring (bicyclic) bond motifs is 2. The number of ether oxygens (including phenoxy) is 1. The Morgan fingerprint density at radius 3 is 2.62 bits per heavy atom. The molecule has 0 aromatic heterocycles. The molecule has 0 aromatic carbocycles. The van der Waals surface area contributed by atoms with Crippen LogP contribution in [0.3, 0.4) is 0 Å². The molecule has 2 bridgehead atoms. The Hall–Kier alpha value is -0.670. The fraction of sp³-hybridized carbons (Fsp3) is 0.833. The van der Waals surface area contributed by atoms with Crippen molar-refractivity contribution in [2.24, 2.45) is 17.8 Å². The molecule has 4 atom stereocenters. The molecule has 1 radical (unpaired) electrons. The van der Waals surface area contributed by atoms with Gasteiger partial charge in [-0.3, -0.25) is 4.79 Å². The summed E-state index contributed by atoms with van der Waals surface area (Å²) < 4.78 is 30.6. The molecule has 16 heavy (non-hydrogen) atoms. The van der Waals surface area contributed by atoms with Gasteiger partial charge in [-0.05, 0) is 44.4 Å². The van der Waals surface area contributed by atoms with Crippen LogP contribution in [0.4, 0.5) is 8.78 Å². The molecule has 2 rings (SSSR count). The Morgan fingerprint density at radius 1 is 1.50 bits per heavy atom. The third-order valence-electron chi connectivity index (χ3n) is 3.78. The SMILES string of the molecule is CC(OC(=O)C1[CH]C2CCC1C2)C(C)(F)F. The number of hydrogen-bond donors (Lipinski definition) is 0. The maximum atomic E-state index is 12.9. The van der Waals surface area contributed by atoms with Crippen LogP contribution in [0.25, 0.3) is 0 Å². The first-order valence-electron chi connectivity index (χ1n) is 5.81. The minimum atomic E-state index is -2.97. The fourth-order valence-electron chi connectivity index (χ4n) is 2.63. The van der Waals surface area contributed by atoms with E-state index in [4.69, 9.17) is 4.74 Å². The minimum Gasteiger partial charge on any atom is -0.456 e. The second-order valence-electron chi connectivity index (χ2n) is 5.09. The number of rotatable bonds is 3. The Labute approximate surface area is 94.3 Å². The van der Waals surface area contributed by atoms with Crippen molar-refractivity contribution in [2.75, 3.05) is 0 Å². The summed E-state index contributed by atoms with van der Waals surface area (Å²) in [4.78, 5) is 11.7. The molecular weight excluding hydrogens is 214 g/mol. The van der Waals surface area contributed by atoms with Crippen molar-refractivity contribution in [3.63, 3.8) is 0 Å². The lowest BCUT2D eigenvalue weighted by atomic mass is 9.89. The van der Waals surface area contributed by atoms with Crippen LogP contribution in [-0.4, -0.2) is 18.0 Å². The van der Waals surface area contributed by atoms with Crippen LogP contribution in [-0.2, 0) is 9.53 Å². The van der Waals surface area contributed by atoms with E-state index in [0.717, 1.165) is 26.2 Å². The highest BCUT2D eigenvalue weighted by molar-refractivity contribution is 5.75. The normalized spacial score (nSPS) is 35.1. The molecule has 0 amide bonds. The van der Waals surface area contributed by atoms with Crippen LogP contribution in [0.1, 0.15) is 33.1 Å². The molecule has 0 aliphatic heterocycles. The van der Waals surface area contributed by atoms with E-state index >= 15 is 0 Å². The maximum absolute atomic E-state index is 12.9. The first kappa shape index (κ1) is 11.8. The van der Waals surface area contributed by atoms with Crippen LogP contribution >= 0.6 is 0 Å². The van der Waals surface area contributed by atoms with Crippen molar-refractivity contribution in [3.8, 4) is 0 Å². The van der Waals surface area contributed by atoms with E-state index in [1.807, 2.05) is 6.42 Å². The molecule has 0 saturated heterocycles. The van der Waals surface area contributed by atoms with Gasteiger partial charge in [0.25, 0.3) is 5.92 Å². The summed E-state index contributed by atoms with van der Waals surface area (Å²) in [5.41, 5.74) is 0. The molecule has 0 heterocycles. The summed E-state index contributed by atoms with van der Waals surface area (Å²) >= 11 is 0. The molecule has 4 unspecified atom stereocenters. The number of hydrogen-bond acceptors (Lipinski definition) is 2. The molecular formula is C12H17F2O2. The van der Waals surface area contributed by atoms with Crippen LogP contribution in [0.15, 0.2) is 0 Å². The second kappa shape index (κ2) is 3.97. The fourth-order valence-corrected chi connectivity index (χ4v) is 2.63. The average molecular weight is 231 g/mol. The first-order chi connectivity index (χ1) is 7.38. The van der Waals surface area contributed by atoms with E-state index in [9.17, 15) is 13.6 Å². The van der Waals surface area contributed by atoms with Gasteiger partial charge in [0, 0.05) is 6.92 Å². The molecule has 0 aromatic rings. The molecule has 2 nitrogen and oxygen atoms in total. The summed E-state index contributed by atoms with van der Waals surface area (Å²) in [5, 5.41) is 0. The maximum Gasteiger partial charge on any atom is 0.309 e. The highest BCUT2D eigenvalue weighted by Gasteiger charge is 2.45. The van der Waals surface area contributed by atoms with Gasteiger partial charge in [0.05, 0.1) is 5.92 Å². The largest absolute Gasteiger partial charge is 0.456 e. The zero-order chi connectivity index (χ0) is 11.9. The van der Waals surface area contributed by atoms with Crippen LogP contribution < -0.4 is 0 Å². The van der Waals surface area contributed by atoms with Crippen molar-refractivity contribution in [2.45, 2.75) is 45.1 Å². The zero-order valence-corrected chi connectivity index (χ0v) is 9.58. The number of carbonyl (C=O) groups excluding carboxylic acids is 1. The van der Waals surface area contributed by atoms with Gasteiger partial charge in [-0.1, -0.05) is 0 Å². The lowest BCUT2D eigenvalue weighted by molar-refractivity contribution is -0.172. The van der Waals surface area contributed by atoms with Gasteiger partial charge in [-0.2, -0.15) is 0 Å². The third kappa shape index (κ3) is 2.20. The van der Waals surface area contributed by atoms with Crippen LogP contribution in [0.5, 0.6) is 0 Å². The summed E-state index contributed by atoms with van der Waals surface area (Å²) in [6.07, 6.45) is 3.83. The lowest BCUT2D eigenvalue weighted by Crippen LogP contribution is -2.35. The smallest absolute Gasteiger partial charge is 0.309 e. The minimum absolute atomic E-state index is 0.247. The van der Waals surface area contributed by atoms with Crippen LogP contribution in [0, 0.1) is 24.2 Å². The van der Waals surface area contributed by atoms with Crippen molar-refractivity contribution in [1.29, 1.82) is 0 Å². The van der Waals surface area contributed by atoms with E-state index in [0.29, 0.717) is 11.8 Å². The van der Waals surface area contributed by atoms with Gasteiger partial charge < -0.3 is 4.74 Å². The molecule has 4 heteroatoms. The first-order valence-corrected chi connectivity index (χ1v) is 5.81. The summed E-state index contributed by atoms with van der Waals surface area (Å²) in [6.45, 7) is 2.01. The van der Waals surface area contributed by atoms with Gasteiger partial charge in [-0.15, -0.1) is 0 Å². The Morgan fingerprint density at radius 2 is 2.19 bits per heavy atom. The van der Waals surface area contributed by atoms with Crippen molar-refractivity contribution < 1.29 is 18.3 Å². The average Bonchev–Trinajstić information content (AvgIpc) is 2.76. The quantitative estimate of drug-likeness (QED) is 0.698. The Bertz CT molecular complexity index is 285. The van der Waals surface area contributed by atoms with Crippen molar-refractivity contribution >= 4 is 5.97 Å². The molecule has 2 aliphatic rings. The molecule has 2 aliphatic carbocycles. The monoisotopic (exact) mass is 231 g/mol. The molecule has 2 fully saturated rings. The van der Waals surface area contributed by atoms with E-state index in [-0.39, 0.29) is 5.92 Å². The second-order valence-corrected chi connectivity index (χ2v) is 5.09. The Balaban J connectivity index is 1.89. The number of esters is 1. The van der Waals surface area contributed by atoms with E-state index in [1.165, 1.54) is 6.92 Å². The van der Waals surface area contributed by atoms with Crippen LogP contribution in [0.2, 0.25) is 0 Å².